The number of aromatic amines is 1. The van der Waals surface area contributed by atoms with E-state index < -0.39 is 5.91 Å². The molecule has 0 spiro atoms. The molecule has 1 atom stereocenters. The van der Waals surface area contributed by atoms with Crippen LogP contribution in [0.4, 0.5) is 0 Å². The van der Waals surface area contributed by atoms with Gasteiger partial charge in [0.1, 0.15) is 5.69 Å². The first-order valence-corrected chi connectivity index (χ1v) is 10.3. The Balaban J connectivity index is 1.56. The van der Waals surface area contributed by atoms with Gasteiger partial charge in [-0.05, 0) is 44.4 Å². The summed E-state index contributed by atoms with van der Waals surface area (Å²) in [5, 5.41) is 11.4. The molecular formula is C22H26N6O2. The van der Waals surface area contributed by atoms with E-state index in [4.69, 9.17) is 5.73 Å². The monoisotopic (exact) mass is 406 g/mol. The van der Waals surface area contributed by atoms with Gasteiger partial charge in [0.2, 0.25) is 0 Å². The van der Waals surface area contributed by atoms with Gasteiger partial charge in [-0.15, -0.1) is 0 Å². The Hall–Kier alpha value is -3.42. The molecular weight excluding hydrogens is 380 g/mol. The van der Waals surface area contributed by atoms with E-state index in [0.29, 0.717) is 25.1 Å². The molecule has 1 saturated heterocycles. The standard InChI is InChI=1S/C22H26N6O2/c1-3-20-17(12-24-28(20)16-8-6-14(2)7-9-16)22(30)27-10-4-5-15(13-27)18-11-19(21(23)29)26-25-18/h6-9,11-12,15H,3-5,10,13H2,1-2H3,(H2,23,29)(H,25,26)/t15-/m0/s1. The van der Waals surface area contributed by atoms with Gasteiger partial charge in [-0.25, -0.2) is 4.68 Å². The fourth-order valence-electron chi connectivity index (χ4n) is 4.06. The van der Waals surface area contributed by atoms with Crippen molar-refractivity contribution in [3.05, 3.63) is 64.7 Å². The second kappa shape index (κ2) is 8.14. The highest BCUT2D eigenvalue weighted by Crippen LogP contribution is 2.28. The number of aromatic nitrogens is 4. The highest BCUT2D eigenvalue weighted by molar-refractivity contribution is 5.95. The molecule has 1 fully saturated rings. The molecule has 0 bridgehead atoms. The van der Waals surface area contributed by atoms with Crippen LogP contribution < -0.4 is 5.73 Å². The minimum atomic E-state index is -0.558. The molecule has 3 aromatic rings. The maximum Gasteiger partial charge on any atom is 0.269 e. The molecule has 3 N–H and O–H groups in total. The van der Waals surface area contributed by atoms with Crippen LogP contribution in [0.5, 0.6) is 0 Å². The van der Waals surface area contributed by atoms with Crippen LogP contribution in [-0.2, 0) is 6.42 Å². The predicted molar refractivity (Wildman–Crippen MR) is 113 cm³/mol. The van der Waals surface area contributed by atoms with Gasteiger partial charge in [0.25, 0.3) is 11.8 Å². The fourth-order valence-corrected chi connectivity index (χ4v) is 4.06. The van der Waals surface area contributed by atoms with E-state index in [1.165, 1.54) is 5.56 Å². The van der Waals surface area contributed by atoms with Crippen LogP contribution in [0.3, 0.4) is 0 Å². The Bertz CT molecular complexity index is 1070. The molecule has 2 aromatic heterocycles. The van der Waals surface area contributed by atoms with Crippen molar-refractivity contribution in [1.82, 2.24) is 24.9 Å². The molecule has 2 amide bonds. The van der Waals surface area contributed by atoms with Crippen LogP contribution in [0.1, 0.15) is 63.5 Å². The Kier molecular flexibility index (Phi) is 5.39. The van der Waals surface area contributed by atoms with Crippen LogP contribution in [0, 0.1) is 6.92 Å². The number of hydrogen-bond acceptors (Lipinski definition) is 4. The average Bonchev–Trinajstić information content (AvgIpc) is 3.41. The summed E-state index contributed by atoms with van der Waals surface area (Å²) in [5.41, 5.74) is 10.0. The van der Waals surface area contributed by atoms with Crippen molar-refractivity contribution in [2.24, 2.45) is 5.73 Å². The lowest BCUT2D eigenvalue weighted by atomic mass is 9.94. The molecule has 0 unspecified atom stereocenters. The number of nitrogens with one attached hydrogen (secondary N) is 1. The zero-order valence-corrected chi connectivity index (χ0v) is 17.3. The van der Waals surface area contributed by atoms with Gasteiger partial charge in [0, 0.05) is 24.7 Å². The van der Waals surface area contributed by atoms with Crippen molar-refractivity contribution in [1.29, 1.82) is 0 Å². The molecule has 0 aliphatic carbocycles. The number of carbonyl (C=O) groups excluding carboxylic acids is 2. The molecule has 4 rings (SSSR count). The van der Waals surface area contributed by atoms with Gasteiger partial charge in [0.15, 0.2) is 0 Å². The number of nitrogens with zero attached hydrogens (tertiary/aromatic N) is 4. The zero-order valence-electron chi connectivity index (χ0n) is 17.3. The molecule has 30 heavy (non-hydrogen) atoms. The Morgan fingerprint density at radius 1 is 1.27 bits per heavy atom. The Morgan fingerprint density at radius 3 is 2.70 bits per heavy atom. The first kappa shape index (κ1) is 19.9. The van der Waals surface area contributed by atoms with Crippen LogP contribution in [0.25, 0.3) is 5.69 Å². The number of carbonyl (C=O) groups is 2. The van der Waals surface area contributed by atoms with Crippen LogP contribution in [0.2, 0.25) is 0 Å². The zero-order chi connectivity index (χ0) is 21.3. The minimum absolute atomic E-state index is 0.00967. The molecule has 156 valence electrons. The summed E-state index contributed by atoms with van der Waals surface area (Å²) < 4.78 is 1.85. The summed E-state index contributed by atoms with van der Waals surface area (Å²) in [6.45, 7) is 5.35. The van der Waals surface area contributed by atoms with Crippen LogP contribution >= 0.6 is 0 Å². The highest BCUT2D eigenvalue weighted by Gasteiger charge is 2.29. The molecule has 8 nitrogen and oxygen atoms in total. The summed E-state index contributed by atoms with van der Waals surface area (Å²) in [5.74, 6) is -0.470. The Morgan fingerprint density at radius 2 is 2.03 bits per heavy atom. The van der Waals surface area contributed by atoms with Gasteiger partial charge >= 0.3 is 0 Å². The number of piperidine rings is 1. The third-order valence-corrected chi connectivity index (χ3v) is 5.71. The van der Waals surface area contributed by atoms with Gasteiger partial charge in [-0.1, -0.05) is 24.6 Å². The summed E-state index contributed by atoms with van der Waals surface area (Å²) >= 11 is 0. The summed E-state index contributed by atoms with van der Waals surface area (Å²) in [7, 11) is 0. The van der Waals surface area contributed by atoms with Gasteiger partial charge in [0.05, 0.1) is 23.1 Å². The predicted octanol–water partition coefficient (Wildman–Crippen LogP) is 2.58. The topological polar surface area (TPSA) is 110 Å². The van der Waals surface area contributed by atoms with E-state index in [-0.39, 0.29) is 17.5 Å². The van der Waals surface area contributed by atoms with Crippen molar-refractivity contribution < 1.29 is 9.59 Å². The largest absolute Gasteiger partial charge is 0.364 e. The van der Waals surface area contributed by atoms with E-state index >= 15 is 0 Å². The number of hydrogen-bond donors (Lipinski definition) is 2. The molecule has 1 aliphatic heterocycles. The Labute approximate surface area is 175 Å². The molecule has 0 saturated carbocycles. The second-order valence-corrected chi connectivity index (χ2v) is 7.77. The fraction of sp³-hybridized carbons (Fsp3) is 0.364. The molecule has 1 aromatic carbocycles. The number of H-pyrrole nitrogens is 1. The molecule has 0 radical (unpaired) electrons. The normalized spacial score (nSPS) is 16.6. The number of aryl methyl sites for hydroxylation is 1. The number of amides is 2. The van der Waals surface area contributed by atoms with Gasteiger partial charge in [-0.2, -0.15) is 10.2 Å². The van der Waals surface area contributed by atoms with E-state index in [1.807, 2.05) is 47.7 Å². The van der Waals surface area contributed by atoms with Gasteiger partial charge in [-0.3, -0.25) is 14.7 Å². The lowest BCUT2D eigenvalue weighted by molar-refractivity contribution is 0.0704. The first-order valence-electron chi connectivity index (χ1n) is 10.3. The first-order chi connectivity index (χ1) is 14.5. The number of benzene rings is 1. The maximum atomic E-state index is 13.3. The number of likely N-dealkylation sites (tertiary alicyclic amines) is 1. The van der Waals surface area contributed by atoms with Crippen molar-refractivity contribution in [2.75, 3.05) is 13.1 Å². The number of nitrogens with two attached hydrogens (primary N) is 1. The second-order valence-electron chi connectivity index (χ2n) is 7.77. The molecule has 1 aliphatic rings. The highest BCUT2D eigenvalue weighted by atomic mass is 16.2. The van der Waals surface area contributed by atoms with E-state index in [1.54, 1.807) is 12.3 Å². The summed E-state index contributed by atoms with van der Waals surface area (Å²) in [4.78, 5) is 26.5. The number of rotatable bonds is 5. The van der Waals surface area contributed by atoms with Crippen molar-refractivity contribution in [3.8, 4) is 5.69 Å². The van der Waals surface area contributed by atoms with E-state index in [9.17, 15) is 9.59 Å². The third-order valence-electron chi connectivity index (χ3n) is 5.71. The summed E-state index contributed by atoms with van der Waals surface area (Å²) in [6.07, 6.45) is 4.18. The minimum Gasteiger partial charge on any atom is -0.364 e. The lowest BCUT2D eigenvalue weighted by Gasteiger charge is -2.32. The third kappa shape index (κ3) is 3.72. The van der Waals surface area contributed by atoms with Crippen molar-refractivity contribution >= 4 is 11.8 Å². The van der Waals surface area contributed by atoms with E-state index in [0.717, 1.165) is 29.9 Å². The maximum absolute atomic E-state index is 13.3. The van der Waals surface area contributed by atoms with Crippen LogP contribution in [-0.4, -0.2) is 49.8 Å². The molecule has 3 heterocycles. The lowest BCUT2D eigenvalue weighted by Crippen LogP contribution is -2.39. The van der Waals surface area contributed by atoms with Gasteiger partial charge < -0.3 is 10.6 Å². The van der Waals surface area contributed by atoms with Crippen molar-refractivity contribution in [3.63, 3.8) is 0 Å². The molecule has 8 heteroatoms. The van der Waals surface area contributed by atoms with E-state index in [2.05, 4.69) is 15.3 Å². The quantitative estimate of drug-likeness (QED) is 0.678. The summed E-state index contributed by atoms with van der Waals surface area (Å²) in [6, 6.07) is 9.80. The average molecular weight is 406 g/mol. The smallest absolute Gasteiger partial charge is 0.269 e. The van der Waals surface area contributed by atoms with Crippen molar-refractivity contribution in [2.45, 2.75) is 39.0 Å². The van der Waals surface area contributed by atoms with Crippen LogP contribution in [0.15, 0.2) is 36.5 Å². The SMILES string of the molecule is CCc1c(C(=O)N2CCC[C@H](c3cc(C(N)=O)n[nH]3)C2)cnn1-c1ccc(C)cc1. The number of primary amides is 1.